The van der Waals surface area contributed by atoms with Gasteiger partial charge in [0.05, 0.1) is 36.8 Å². The SMILES string of the molecule is CCOOSc1cccc(-c2cc(C(=O)OC)c(C)c3[nH]c4ncc(C)cc4c23)c1. The lowest BCUT2D eigenvalue weighted by Gasteiger charge is -2.12. The van der Waals surface area contributed by atoms with Gasteiger partial charge in [-0.15, -0.1) is 0 Å². The van der Waals surface area contributed by atoms with Gasteiger partial charge in [0.15, 0.2) is 0 Å². The van der Waals surface area contributed by atoms with Gasteiger partial charge in [0, 0.05) is 21.9 Å². The van der Waals surface area contributed by atoms with Crippen LogP contribution < -0.4 is 0 Å². The van der Waals surface area contributed by atoms with Gasteiger partial charge in [-0.25, -0.2) is 14.7 Å². The number of hydrogen-bond acceptors (Lipinski definition) is 6. The van der Waals surface area contributed by atoms with Gasteiger partial charge in [0.2, 0.25) is 0 Å². The van der Waals surface area contributed by atoms with Gasteiger partial charge in [-0.2, -0.15) is 4.33 Å². The Labute approximate surface area is 178 Å². The van der Waals surface area contributed by atoms with Gasteiger partial charge in [-0.05, 0) is 67.3 Å². The maximum Gasteiger partial charge on any atom is 0.338 e. The molecule has 0 bridgehead atoms. The Kier molecular flexibility index (Phi) is 5.76. The van der Waals surface area contributed by atoms with E-state index in [1.807, 2.05) is 57.3 Å². The molecule has 0 fully saturated rings. The van der Waals surface area contributed by atoms with Gasteiger partial charge in [0.25, 0.3) is 0 Å². The first kappa shape index (κ1) is 20.4. The number of hydrogen-bond donors (Lipinski definition) is 1. The number of pyridine rings is 1. The van der Waals surface area contributed by atoms with Crippen LogP contribution in [0.1, 0.15) is 28.4 Å². The fourth-order valence-electron chi connectivity index (χ4n) is 3.57. The Morgan fingerprint density at radius 1 is 1.20 bits per heavy atom. The van der Waals surface area contributed by atoms with Crippen molar-refractivity contribution in [3.63, 3.8) is 0 Å². The summed E-state index contributed by atoms with van der Waals surface area (Å²) in [7, 11) is 1.39. The first-order valence-electron chi connectivity index (χ1n) is 9.60. The number of ether oxygens (including phenoxy) is 1. The topological polar surface area (TPSA) is 73.4 Å². The lowest BCUT2D eigenvalue weighted by molar-refractivity contribution is -0.185. The molecular formula is C23H22N2O4S. The molecule has 0 aliphatic heterocycles. The van der Waals surface area contributed by atoms with E-state index in [0.29, 0.717) is 12.2 Å². The van der Waals surface area contributed by atoms with Crippen LogP contribution in [0.4, 0.5) is 0 Å². The molecule has 0 aliphatic carbocycles. The molecule has 0 saturated carbocycles. The molecule has 4 rings (SSSR count). The fraction of sp³-hybridized carbons (Fsp3) is 0.217. The number of benzene rings is 2. The van der Waals surface area contributed by atoms with Crippen molar-refractivity contribution >= 4 is 39.9 Å². The number of fused-ring (bicyclic) bond motifs is 3. The van der Waals surface area contributed by atoms with E-state index in [0.717, 1.165) is 61.1 Å². The zero-order valence-electron chi connectivity index (χ0n) is 17.2. The normalized spacial score (nSPS) is 11.3. The molecule has 0 saturated heterocycles. The number of esters is 1. The Balaban J connectivity index is 1.99. The standard InChI is InChI=1S/C23H22N2O4S/c1-5-28-29-30-16-8-6-7-15(10-16)18-11-17(23(26)27-4)14(3)21-20(18)19-9-13(2)12-24-22(19)25-21/h6-12H,5H2,1-4H3,(H,24,25). The number of rotatable bonds is 6. The highest BCUT2D eigenvalue weighted by Crippen LogP contribution is 2.39. The number of carbonyl (C=O) groups is 1. The van der Waals surface area contributed by atoms with E-state index in [2.05, 4.69) is 16.0 Å². The quantitative estimate of drug-likeness (QED) is 0.140. The predicted octanol–water partition coefficient (Wildman–Crippen LogP) is 5.76. The lowest BCUT2D eigenvalue weighted by atomic mass is 9.94. The monoisotopic (exact) mass is 422 g/mol. The molecule has 2 heterocycles. The third kappa shape index (κ3) is 3.67. The molecule has 0 unspecified atom stereocenters. The van der Waals surface area contributed by atoms with Crippen LogP contribution >= 0.6 is 12.0 Å². The second-order valence-corrected chi connectivity index (χ2v) is 7.73. The van der Waals surface area contributed by atoms with E-state index in [1.165, 1.54) is 7.11 Å². The summed E-state index contributed by atoms with van der Waals surface area (Å²) >= 11 is 1.15. The predicted molar refractivity (Wildman–Crippen MR) is 118 cm³/mol. The molecule has 1 N–H and O–H groups in total. The smallest absolute Gasteiger partial charge is 0.338 e. The van der Waals surface area contributed by atoms with Crippen molar-refractivity contribution in [3.05, 3.63) is 59.3 Å². The van der Waals surface area contributed by atoms with Crippen molar-refractivity contribution in [2.24, 2.45) is 0 Å². The largest absolute Gasteiger partial charge is 0.465 e. The first-order chi connectivity index (χ1) is 14.5. The van der Waals surface area contributed by atoms with Crippen LogP contribution in [0.5, 0.6) is 0 Å². The van der Waals surface area contributed by atoms with Crippen molar-refractivity contribution in [2.45, 2.75) is 25.7 Å². The van der Waals surface area contributed by atoms with Gasteiger partial charge < -0.3 is 9.72 Å². The van der Waals surface area contributed by atoms with E-state index in [9.17, 15) is 4.79 Å². The van der Waals surface area contributed by atoms with Gasteiger partial charge in [-0.1, -0.05) is 12.1 Å². The van der Waals surface area contributed by atoms with Crippen molar-refractivity contribution in [2.75, 3.05) is 13.7 Å². The van der Waals surface area contributed by atoms with E-state index >= 15 is 0 Å². The second-order valence-electron chi connectivity index (χ2n) is 6.96. The lowest BCUT2D eigenvalue weighted by Crippen LogP contribution is -2.05. The molecule has 2 aromatic heterocycles. The van der Waals surface area contributed by atoms with Crippen molar-refractivity contribution in [1.29, 1.82) is 0 Å². The van der Waals surface area contributed by atoms with Crippen molar-refractivity contribution in [3.8, 4) is 11.1 Å². The van der Waals surface area contributed by atoms with Crippen LogP contribution in [-0.2, 0) is 14.0 Å². The number of aromatic nitrogens is 2. The van der Waals surface area contributed by atoms with Crippen LogP contribution in [-0.4, -0.2) is 29.7 Å². The highest BCUT2D eigenvalue weighted by molar-refractivity contribution is 7.94. The van der Waals surface area contributed by atoms with E-state index in [-0.39, 0.29) is 5.97 Å². The number of methoxy groups -OCH3 is 1. The molecular weight excluding hydrogens is 400 g/mol. The van der Waals surface area contributed by atoms with Gasteiger partial charge in [0.1, 0.15) is 5.65 Å². The van der Waals surface area contributed by atoms with Crippen LogP contribution in [0.2, 0.25) is 0 Å². The van der Waals surface area contributed by atoms with Gasteiger partial charge >= 0.3 is 5.97 Å². The number of nitrogens with one attached hydrogen (secondary N) is 1. The van der Waals surface area contributed by atoms with Gasteiger partial charge in [-0.3, -0.25) is 0 Å². The maximum atomic E-state index is 12.5. The summed E-state index contributed by atoms with van der Waals surface area (Å²) in [6.07, 6.45) is 1.83. The number of nitrogens with zero attached hydrogens (tertiary/aromatic N) is 1. The molecule has 4 aromatic rings. The summed E-state index contributed by atoms with van der Waals surface area (Å²) in [6.45, 7) is 6.27. The molecule has 154 valence electrons. The third-order valence-corrected chi connectivity index (χ3v) is 5.58. The average Bonchev–Trinajstić information content (AvgIpc) is 3.13. The molecule has 0 atom stereocenters. The summed E-state index contributed by atoms with van der Waals surface area (Å²) in [6, 6.07) is 11.9. The molecule has 6 nitrogen and oxygen atoms in total. The minimum absolute atomic E-state index is 0.372. The second kappa shape index (κ2) is 8.47. The zero-order chi connectivity index (χ0) is 21.3. The Morgan fingerprint density at radius 2 is 2.03 bits per heavy atom. The Bertz CT molecular complexity index is 1250. The molecule has 0 spiro atoms. The fourth-order valence-corrected chi connectivity index (χ4v) is 4.10. The third-order valence-electron chi connectivity index (χ3n) is 4.97. The van der Waals surface area contributed by atoms with E-state index in [4.69, 9.17) is 14.0 Å². The highest BCUT2D eigenvalue weighted by atomic mass is 32.2. The minimum atomic E-state index is -0.372. The number of H-pyrrole nitrogens is 1. The molecule has 0 aliphatic rings. The molecule has 30 heavy (non-hydrogen) atoms. The maximum absolute atomic E-state index is 12.5. The molecule has 2 aromatic carbocycles. The number of aryl methyl sites for hydroxylation is 2. The van der Waals surface area contributed by atoms with E-state index in [1.54, 1.807) is 0 Å². The van der Waals surface area contributed by atoms with Crippen LogP contribution in [0.3, 0.4) is 0 Å². The first-order valence-corrected chi connectivity index (χ1v) is 10.3. The number of carbonyl (C=O) groups excluding carboxylic acids is 1. The van der Waals surface area contributed by atoms with Crippen LogP contribution in [0, 0.1) is 13.8 Å². The summed E-state index contributed by atoms with van der Waals surface area (Å²) < 4.78 is 10.2. The summed E-state index contributed by atoms with van der Waals surface area (Å²) in [4.78, 5) is 26.3. The van der Waals surface area contributed by atoms with E-state index < -0.39 is 0 Å². The Morgan fingerprint density at radius 3 is 2.80 bits per heavy atom. The summed E-state index contributed by atoms with van der Waals surface area (Å²) in [5.41, 5.74) is 5.97. The molecule has 0 radical (unpaired) electrons. The minimum Gasteiger partial charge on any atom is -0.465 e. The molecule has 0 amide bonds. The van der Waals surface area contributed by atoms with Crippen molar-refractivity contribution in [1.82, 2.24) is 9.97 Å². The Hall–Kier alpha value is -2.87. The summed E-state index contributed by atoms with van der Waals surface area (Å²) in [5.74, 6) is -0.372. The summed E-state index contributed by atoms with van der Waals surface area (Å²) in [5, 5.41) is 2.04. The number of aromatic amines is 1. The van der Waals surface area contributed by atoms with Crippen molar-refractivity contribution < 1.29 is 18.8 Å². The highest BCUT2D eigenvalue weighted by Gasteiger charge is 2.20. The van der Waals surface area contributed by atoms with Crippen LogP contribution in [0.25, 0.3) is 33.1 Å². The zero-order valence-corrected chi connectivity index (χ0v) is 18.1. The molecule has 7 heteroatoms. The van der Waals surface area contributed by atoms with Crippen LogP contribution in [0.15, 0.2) is 47.5 Å². The average molecular weight is 423 g/mol.